The number of hydrogen-bond donors (Lipinski definition) is 0. The number of benzene rings is 2. The van der Waals surface area contributed by atoms with Crippen molar-refractivity contribution < 1.29 is 19.0 Å². The Bertz CT molecular complexity index is 899. The molecule has 0 fully saturated rings. The third-order valence-electron chi connectivity index (χ3n) is 3.37. The number of carbonyl (C=O) groups excluding carboxylic acids is 1. The van der Waals surface area contributed by atoms with Crippen LogP contribution in [-0.4, -0.2) is 29.2 Å². The Hall–Kier alpha value is -2.86. The van der Waals surface area contributed by atoms with Gasteiger partial charge < -0.3 is 14.2 Å². The number of hydrogen-bond acceptors (Lipinski definition) is 6. The Morgan fingerprint density at radius 3 is 2.52 bits per heavy atom. The third kappa shape index (κ3) is 4.16. The van der Waals surface area contributed by atoms with Crippen LogP contribution < -0.4 is 9.47 Å². The average molecular weight is 359 g/mol. The minimum atomic E-state index is -0.685. The molecule has 3 rings (SSSR count). The van der Waals surface area contributed by atoms with Gasteiger partial charge in [0.25, 0.3) is 0 Å². The van der Waals surface area contributed by atoms with E-state index in [0.29, 0.717) is 33.4 Å². The van der Waals surface area contributed by atoms with Crippen molar-refractivity contribution in [1.82, 2.24) is 9.97 Å². The maximum absolute atomic E-state index is 11.4. The molecule has 7 heteroatoms. The molecule has 6 nitrogen and oxygen atoms in total. The Kier molecular flexibility index (Phi) is 5.00. The van der Waals surface area contributed by atoms with Gasteiger partial charge in [-0.25, -0.2) is 14.8 Å². The van der Waals surface area contributed by atoms with Gasteiger partial charge in [0.15, 0.2) is 6.10 Å². The summed E-state index contributed by atoms with van der Waals surface area (Å²) < 4.78 is 15.8. The molecule has 0 aliphatic carbocycles. The van der Waals surface area contributed by atoms with Crippen LogP contribution in [-0.2, 0) is 9.53 Å². The summed E-state index contributed by atoms with van der Waals surface area (Å²) in [4.78, 5) is 20.0. The minimum Gasteiger partial charge on any atom is -0.479 e. The summed E-state index contributed by atoms with van der Waals surface area (Å²) in [6.45, 7) is 1.62. The van der Waals surface area contributed by atoms with Crippen LogP contribution in [0.3, 0.4) is 0 Å². The number of carbonyl (C=O) groups is 1. The summed E-state index contributed by atoms with van der Waals surface area (Å²) in [6, 6.07) is 12.1. The fourth-order valence-corrected chi connectivity index (χ4v) is 2.31. The topological polar surface area (TPSA) is 70.5 Å². The van der Waals surface area contributed by atoms with E-state index in [2.05, 4.69) is 14.7 Å². The summed E-state index contributed by atoms with van der Waals surface area (Å²) in [5.41, 5.74) is 1.38. The molecule has 0 bridgehead atoms. The predicted molar refractivity (Wildman–Crippen MR) is 93.2 cm³/mol. The van der Waals surface area contributed by atoms with Crippen LogP contribution in [0.4, 0.5) is 0 Å². The summed E-state index contributed by atoms with van der Waals surface area (Å²) in [5, 5.41) is 0.604. The van der Waals surface area contributed by atoms with Crippen LogP contribution in [0.2, 0.25) is 5.02 Å². The highest BCUT2D eigenvalue weighted by atomic mass is 35.5. The molecule has 1 atom stereocenters. The van der Waals surface area contributed by atoms with Gasteiger partial charge in [0, 0.05) is 5.02 Å². The monoisotopic (exact) mass is 358 g/mol. The molecule has 3 aromatic rings. The summed E-state index contributed by atoms with van der Waals surface area (Å²) in [6.07, 6.45) is 0.845. The van der Waals surface area contributed by atoms with Gasteiger partial charge in [0.05, 0.1) is 24.3 Å². The summed E-state index contributed by atoms with van der Waals surface area (Å²) in [5.74, 6) is 1.03. The lowest BCUT2D eigenvalue weighted by Gasteiger charge is -2.12. The quantitative estimate of drug-likeness (QED) is 0.642. The van der Waals surface area contributed by atoms with Crippen molar-refractivity contribution >= 4 is 28.6 Å². The lowest BCUT2D eigenvalue weighted by Crippen LogP contribution is -2.24. The van der Waals surface area contributed by atoms with E-state index >= 15 is 0 Å². The number of halogens is 1. The number of ether oxygens (including phenoxy) is 3. The molecule has 0 unspecified atom stereocenters. The van der Waals surface area contributed by atoms with E-state index in [1.807, 2.05) is 0 Å². The van der Waals surface area contributed by atoms with Gasteiger partial charge in [-0.3, -0.25) is 0 Å². The standard InChI is InChI=1S/C18H15ClN2O4/c1-11(18(22)23-2)24-13-4-6-14(7-5-13)25-17-10-20-16-9-12(19)3-8-15(16)21-17/h3-11H,1-2H3/t11-/m0/s1. The zero-order valence-electron chi connectivity index (χ0n) is 13.6. The van der Waals surface area contributed by atoms with Crippen LogP contribution in [0.15, 0.2) is 48.7 Å². The van der Waals surface area contributed by atoms with E-state index in [1.165, 1.54) is 13.3 Å². The molecule has 1 heterocycles. The maximum atomic E-state index is 11.4. The van der Waals surface area contributed by atoms with Crippen molar-refractivity contribution in [2.45, 2.75) is 13.0 Å². The second-order valence-corrected chi connectivity index (χ2v) is 5.63. The molecule has 128 valence electrons. The molecule has 1 aromatic heterocycles. The van der Waals surface area contributed by atoms with Crippen molar-refractivity contribution in [2.75, 3.05) is 7.11 Å². The van der Waals surface area contributed by atoms with E-state index in [1.54, 1.807) is 49.4 Å². The molecule has 0 aliphatic rings. The molecule has 0 amide bonds. The molecule has 0 N–H and O–H groups in total. The molecule has 0 radical (unpaired) electrons. The van der Waals surface area contributed by atoms with Crippen molar-refractivity contribution in [2.24, 2.45) is 0 Å². The van der Waals surface area contributed by atoms with Crippen LogP contribution in [0.1, 0.15) is 6.92 Å². The highest BCUT2D eigenvalue weighted by Gasteiger charge is 2.14. The second kappa shape index (κ2) is 7.36. The highest BCUT2D eigenvalue weighted by Crippen LogP contribution is 2.24. The normalized spacial score (nSPS) is 11.8. The zero-order valence-corrected chi connectivity index (χ0v) is 14.4. The van der Waals surface area contributed by atoms with E-state index in [4.69, 9.17) is 21.1 Å². The van der Waals surface area contributed by atoms with Crippen LogP contribution in [0, 0.1) is 0 Å². The molecule has 0 spiro atoms. The van der Waals surface area contributed by atoms with Crippen LogP contribution in [0.5, 0.6) is 17.4 Å². The van der Waals surface area contributed by atoms with Crippen molar-refractivity contribution in [1.29, 1.82) is 0 Å². The zero-order chi connectivity index (χ0) is 17.8. The van der Waals surface area contributed by atoms with Gasteiger partial charge in [0.2, 0.25) is 5.88 Å². The number of aromatic nitrogens is 2. The number of rotatable bonds is 5. The van der Waals surface area contributed by atoms with E-state index in [-0.39, 0.29) is 0 Å². The Morgan fingerprint density at radius 1 is 1.08 bits per heavy atom. The van der Waals surface area contributed by atoms with Crippen LogP contribution >= 0.6 is 11.6 Å². The van der Waals surface area contributed by atoms with Gasteiger partial charge in [-0.1, -0.05) is 11.6 Å². The predicted octanol–water partition coefficient (Wildman–Crippen LogP) is 4.02. The van der Waals surface area contributed by atoms with Gasteiger partial charge in [0.1, 0.15) is 11.5 Å². The summed E-state index contributed by atoms with van der Waals surface area (Å²) in [7, 11) is 1.32. The number of esters is 1. The highest BCUT2D eigenvalue weighted by molar-refractivity contribution is 6.31. The van der Waals surface area contributed by atoms with Crippen molar-refractivity contribution in [3.05, 3.63) is 53.7 Å². The van der Waals surface area contributed by atoms with E-state index in [0.717, 1.165) is 0 Å². The second-order valence-electron chi connectivity index (χ2n) is 5.20. The SMILES string of the molecule is COC(=O)[C@H](C)Oc1ccc(Oc2cnc3cc(Cl)ccc3n2)cc1. The van der Waals surface area contributed by atoms with Crippen LogP contribution in [0.25, 0.3) is 11.0 Å². The Morgan fingerprint density at radius 2 is 1.80 bits per heavy atom. The molecule has 0 saturated carbocycles. The molecule has 0 saturated heterocycles. The smallest absolute Gasteiger partial charge is 0.346 e. The molecule has 25 heavy (non-hydrogen) atoms. The van der Waals surface area contributed by atoms with E-state index < -0.39 is 12.1 Å². The minimum absolute atomic E-state index is 0.367. The van der Waals surface area contributed by atoms with Gasteiger partial charge >= 0.3 is 5.97 Å². The fraction of sp³-hybridized carbons (Fsp3) is 0.167. The maximum Gasteiger partial charge on any atom is 0.346 e. The lowest BCUT2D eigenvalue weighted by molar-refractivity contribution is -0.147. The van der Waals surface area contributed by atoms with Gasteiger partial charge in [-0.2, -0.15) is 0 Å². The Labute approximate surface area is 149 Å². The summed E-state index contributed by atoms with van der Waals surface area (Å²) >= 11 is 5.93. The van der Waals surface area contributed by atoms with Gasteiger partial charge in [-0.05, 0) is 49.4 Å². The number of fused-ring (bicyclic) bond motifs is 1. The van der Waals surface area contributed by atoms with Crippen molar-refractivity contribution in [3.8, 4) is 17.4 Å². The largest absolute Gasteiger partial charge is 0.479 e. The number of nitrogens with zero attached hydrogens (tertiary/aromatic N) is 2. The first-order valence-electron chi connectivity index (χ1n) is 7.50. The molecular formula is C18H15ClN2O4. The first-order chi connectivity index (χ1) is 12.0. The fourth-order valence-electron chi connectivity index (χ4n) is 2.14. The number of methoxy groups -OCH3 is 1. The molecular weight excluding hydrogens is 344 g/mol. The average Bonchev–Trinajstić information content (AvgIpc) is 2.62. The molecule has 0 aliphatic heterocycles. The Balaban J connectivity index is 1.71. The van der Waals surface area contributed by atoms with Gasteiger partial charge in [-0.15, -0.1) is 0 Å². The molecule has 2 aromatic carbocycles. The lowest BCUT2D eigenvalue weighted by atomic mass is 10.3. The van der Waals surface area contributed by atoms with Crippen molar-refractivity contribution in [3.63, 3.8) is 0 Å². The van der Waals surface area contributed by atoms with E-state index in [9.17, 15) is 4.79 Å². The first kappa shape index (κ1) is 17.0. The third-order valence-corrected chi connectivity index (χ3v) is 3.61. The first-order valence-corrected chi connectivity index (χ1v) is 7.87.